The zero-order chi connectivity index (χ0) is 6.91. The Morgan fingerprint density at radius 1 is 1.78 bits per heavy atom. The van der Waals surface area contributed by atoms with E-state index in [2.05, 4.69) is 6.92 Å². The Kier molecular flexibility index (Phi) is 1.75. The molecule has 1 aliphatic heterocycles. The molecule has 0 aromatic heterocycles. The van der Waals surface area contributed by atoms with E-state index in [1.54, 1.807) is 0 Å². The summed E-state index contributed by atoms with van der Waals surface area (Å²) in [5.74, 6) is 0. The predicted molar refractivity (Wildman–Crippen MR) is 36.0 cm³/mol. The van der Waals surface area contributed by atoms with Gasteiger partial charge in [0.05, 0.1) is 13.2 Å². The van der Waals surface area contributed by atoms with Crippen LogP contribution in [0.2, 0.25) is 0 Å². The minimum absolute atomic E-state index is 0.0278. The summed E-state index contributed by atoms with van der Waals surface area (Å²) in [6, 6.07) is 0.127. The van der Waals surface area contributed by atoms with E-state index in [-0.39, 0.29) is 11.5 Å². The standard InChI is InChI=1S/C6H14N2O/c1-6(3-7)4-9-2-5(6)8/h5H,2-4,7-8H2,1H3. The lowest BCUT2D eigenvalue weighted by molar-refractivity contribution is 0.162. The molecule has 2 atom stereocenters. The SMILES string of the molecule is CC1(CN)COCC1N. The third kappa shape index (κ3) is 1.08. The number of hydrogen-bond acceptors (Lipinski definition) is 3. The molecule has 3 nitrogen and oxygen atoms in total. The largest absolute Gasteiger partial charge is 0.379 e. The van der Waals surface area contributed by atoms with E-state index >= 15 is 0 Å². The summed E-state index contributed by atoms with van der Waals surface area (Å²) in [7, 11) is 0. The molecule has 1 aliphatic rings. The number of hydrogen-bond donors (Lipinski definition) is 2. The lowest BCUT2D eigenvalue weighted by Gasteiger charge is -2.23. The van der Waals surface area contributed by atoms with E-state index in [4.69, 9.17) is 16.2 Å². The average Bonchev–Trinajstić information content (AvgIpc) is 2.15. The quantitative estimate of drug-likeness (QED) is 0.494. The van der Waals surface area contributed by atoms with E-state index in [1.807, 2.05) is 0 Å². The van der Waals surface area contributed by atoms with Crippen LogP contribution in [-0.4, -0.2) is 25.8 Å². The Morgan fingerprint density at radius 3 is 2.67 bits per heavy atom. The van der Waals surface area contributed by atoms with Gasteiger partial charge in [-0.1, -0.05) is 6.92 Å². The Labute approximate surface area is 55.4 Å². The van der Waals surface area contributed by atoms with Crippen LogP contribution in [-0.2, 0) is 4.74 Å². The van der Waals surface area contributed by atoms with Crippen LogP contribution in [0.15, 0.2) is 0 Å². The van der Waals surface area contributed by atoms with Gasteiger partial charge in [-0.2, -0.15) is 0 Å². The van der Waals surface area contributed by atoms with Gasteiger partial charge in [-0.3, -0.25) is 0 Å². The maximum Gasteiger partial charge on any atom is 0.0624 e. The molecule has 54 valence electrons. The zero-order valence-corrected chi connectivity index (χ0v) is 5.76. The minimum atomic E-state index is 0.0278. The molecule has 1 heterocycles. The van der Waals surface area contributed by atoms with Crippen molar-refractivity contribution in [3.63, 3.8) is 0 Å². The minimum Gasteiger partial charge on any atom is -0.379 e. The van der Waals surface area contributed by atoms with E-state index in [0.717, 1.165) is 0 Å². The van der Waals surface area contributed by atoms with Crippen LogP contribution >= 0.6 is 0 Å². The monoisotopic (exact) mass is 130 g/mol. The molecule has 9 heavy (non-hydrogen) atoms. The fourth-order valence-corrected chi connectivity index (χ4v) is 0.938. The van der Waals surface area contributed by atoms with Crippen molar-refractivity contribution in [1.82, 2.24) is 0 Å². The van der Waals surface area contributed by atoms with Gasteiger partial charge in [0.2, 0.25) is 0 Å². The van der Waals surface area contributed by atoms with Gasteiger partial charge >= 0.3 is 0 Å². The van der Waals surface area contributed by atoms with Crippen LogP contribution in [0.1, 0.15) is 6.92 Å². The molecule has 1 saturated heterocycles. The summed E-state index contributed by atoms with van der Waals surface area (Å²) in [5.41, 5.74) is 11.2. The van der Waals surface area contributed by atoms with Gasteiger partial charge in [-0.25, -0.2) is 0 Å². The van der Waals surface area contributed by atoms with E-state index < -0.39 is 0 Å². The molecule has 1 fully saturated rings. The van der Waals surface area contributed by atoms with Gasteiger partial charge < -0.3 is 16.2 Å². The first-order valence-electron chi connectivity index (χ1n) is 3.22. The highest BCUT2D eigenvalue weighted by Crippen LogP contribution is 2.24. The second-order valence-corrected chi connectivity index (χ2v) is 2.98. The summed E-state index contributed by atoms with van der Waals surface area (Å²) in [5, 5.41) is 0. The van der Waals surface area contributed by atoms with Crippen molar-refractivity contribution < 1.29 is 4.74 Å². The van der Waals surface area contributed by atoms with Crippen molar-refractivity contribution >= 4 is 0 Å². The van der Waals surface area contributed by atoms with Crippen LogP contribution < -0.4 is 11.5 Å². The molecule has 4 N–H and O–H groups in total. The van der Waals surface area contributed by atoms with Crippen molar-refractivity contribution in [2.24, 2.45) is 16.9 Å². The molecule has 1 rings (SSSR count). The molecule has 0 bridgehead atoms. The van der Waals surface area contributed by atoms with Crippen LogP contribution in [0.25, 0.3) is 0 Å². The van der Waals surface area contributed by atoms with E-state index in [1.165, 1.54) is 0 Å². The van der Waals surface area contributed by atoms with Crippen molar-refractivity contribution in [2.45, 2.75) is 13.0 Å². The number of nitrogens with two attached hydrogens (primary N) is 2. The summed E-state index contributed by atoms with van der Waals surface area (Å²) in [6.07, 6.45) is 0. The van der Waals surface area contributed by atoms with E-state index in [9.17, 15) is 0 Å². The van der Waals surface area contributed by atoms with Gasteiger partial charge in [0.15, 0.2) is 0 Å². The van der Waals surface area contributed by atoms with Crippen molar-refractivity contribution in [2.75, 3.05) is 19.8 Å². The summed E-state index contributed by atoms with van der Waals surface area (Å²) in [6.45, 7) is 4.05. The van der Waals surface area contributed by atoms with Crippen LogP contribution in [0.5, 0.6) is 0 Å². The Balaban J connectivity index is 2.56. The third-order valence-electron chi connectivity index (χ3n) is 2.09. The lowest BCUT2D eigenvalue weighted by Crippen LogP contribution is -2.43. The third-order valence-corrected chi connectivity index (χ3v) is 2.09. The molecule has 0 saturated carbocycles. The second-order valence-electron chi connectivity index (χ2n) is 2.98. The highest BCUT2D eigenvalue weighted by atomic mass is 16.5. The average molecular weight is 130 g/mol. The van der Waals surface area contributed by atoms with Crippen molar-refractivity contribution in [3.8, 4) is 0 Å². The molecule has 0 radical (unpaired) electrons. The lowest BCUT2D eigenvalue weighted by atomic mass is 9.86. The van der Waals surface area contributed by atoms with Gasteiger partial charge in [0.1, 0.15) is 0 Å². The molecule has 0 aromatic carbocycles. The first-order chi connectivity index (χ1) is 4.19. The summed E-state index contributed by atoms with van der Waals surface area (Å²) in [4.78, 5) is 0. The first kappa shape index (κ1) is 6.99. The Hall–Kier alpha value is -0.120. The summed E-state index contributed by atoms with van der Waals surface area (Å²) < 4.78 is 5.16. The van der Waals surface area contributed by atoms with Crippen LogP contribution in [0.4, 0.5) is 0 Å². The molecule has 3 heteroatoms. The van der Waals surface area contributed by atoms with Gasteiger partial charge in [-0.05, 0) is 0 Å². The molecule has 0 amide bonds. The van der Waals surface area contributed by atoms with Gasteiger partial charge in [0, 0.05) is 18.0 Å². The van der Waals surface area contributed by atoms with Crippen molar-refractivity contribution in [1.29, 1.82) is 0 Å². The first-order valence-corrected chi connectivity index (χ1v) is 3.22. The zero-order valence-electron chi connectivity index (χ0n) is 5.76. The molecule has 0 aliphatic carbocycles. The number of rotatable bonds is 1. The van der Waals surface area contributed by atoms with Gasteiger partial charge in [0.25, 0.3) is 0 Å². The molecule has 2 unspecified atom stereocenters. The van der Waals surface area contributed by atoms with Crippen LogP contribution in [0, 0.1) is 5.41 Å². The molecule has 0 spiro atoms. The number of ether oxygens (including phenoxy) is 1. The molecule has 0 aromatic rings. The highest BCUT2D eigenvalue weighted by molar-refractivity contribution is 4.90. The Bertz CT molecular complexity index is 107. The van der Waals surface area contributed by atoms with Crippen molar-refractivity contribution in [3.05, 3.63) is 0 Å². The summed E-state index contributed by atoms with van der Waals surface area (Å²) >= 11 is 0. The van der Waals surface area contributed by atoms with E-state index in [0.29, 0.717) is 19.8 Å². The molecular weight excluding hydrogens is 116 g/mol. The molecular formula is C6H14N2O. The Morgan fingerprint density at radius 2 is 2.44 bits per heavy atom. The maximum atomic E-state index is 5.72. The smallest absolute Gasteiger partial charge is 0.0624 e. The predicted octanol–water partition coefficient (Wildman–Crippen LogP) is -0.691. The fraction of sp³-hybridized carbons (Fsp3) is 1.00. The second kappa shape index (κ2) is 2.25. The normalized spacial score (nSPS) is 43.7. The maximum absolute atomic E-state index is 5.72. The topological polar surface area (TPSA) is 61.3 Å². The fourth-order valence-electron chi connectivity index (χ4n) is 0.938. The highest BCUT2D eigenvalue weighted by Gasteiger charge is 2.35. The van der Waals surface area contributed by atoms with Crippen LogP contribution in [0.3, 0.4) is 0 Å². The van der Waals surface area contributed by atoms with Gasteiger partial charge in [-0.15, -0.1) is 0 Å².